The van der Waals surface area contributed by atoms with Crippen molar-refractivity contribution in [3.8, 4) is 0 Å². The molecule has 0 saturated heterocycles. The SMILES string of the molecule is CCC(CC)CN(N)C(=O)OC(C)(C)C. The van der Waals surface area contributed by atoms with Crippen molar-refractivity contribution in [2.24, 2.45) is 11.8 Å². The van der Waals surface area contributed by atoms with Crippen LogP contribution in [0.3, 0.4) is 0 Å². The molecular formula is C11H24N2O2. The molecule has 0 aromatic rings. The van der Waals surface area contributed by atoms with Crippen molar-refractivity contribution in [3.63, 3.8) is 0 Å². The first-order valence-corrected chi connectivity index (χ1v) is 5.55. The van der Waals surface area contributed by atoms with Crippen molar-refractivity contribution < 1.29 is 9.53 Å². The maximum Gasteiger partial charge on any atom is 0.424 e. The second-order valence-corrected chi connectivity index (χ2v) is 4.82. The van der Waals surface area contributed by atoms with Gasteiger partial charge in [0, 0.05) is 6.54 Å². The quantitative estimate of drug-likeness (QED) is 0.446. The third-order valence-electron chi connectivity index (χ3n) is 2.24. The average molecular weight is 216 g/mol. The maximum atomic E-state index is 11.5. The molecule has 0 unspecified atom stereocenters. The fourth-order valence-corrected chi connectivity index (χ4v) is 1.22. The maximum absolute atomic E-state index is 11.5. The van der Waals surface area contributed by atoms with Crippen molar-refractivity contribution in [2.75, 3.05) is 6.54 Å². The molecule has 4 nitrogen and oxygen atoms in total. The second-order valence-electron chi connectivity index (χ2n) is 4.82. The van der Waals surface area contributed by atoms with Crippen molar-refractivity contribution in [2.45, 2.75) is 53.1 Å². The van der Waals surface area contributed by atoms with E-state index >= 15 is 0 Å². The second kappa shape index (κ2) is 5.95. The van der Waals surface area contributed by atoms with Crippen LogP contribution < -0.4 is 5.84 Å². The first-order valence-electron chi connectivity index (χ1n) is 5.55. The molecule has 0 spiro atoms. The Morgan fingerprint density at radius 2 is 1.80 bits per heavy atom. The van der Waals surface area contributed by atoms with E-state index in [1.807, 2.05) is 20.8 Å². The molecule has 0 bridgehead atoms. The lowest BCUT2D eigenvalue weighted by Crippen LogP contribution is -2.43. The Bertz CT molecular complexity index is 195. The van der Waals surface area contributed by atoms with Gasteiger partial charge in [-0.2, -0.15) is 0 Å². The zero-order valence-electron chi connectivity index (χ0n) is 10.5. The lowest BCUT2D eigenvalue weighted by molar-refractivity contribution is 0.0215. The first-order chi connectivity index (χ1) is 6.80. The minimum Gasteiger partial charge on any atom is -0.443 e. The van der Waals surface area contributed by atoms with Crippen LogP contribution in [0.5, 0.6) is 0 Å². The smallest absolute Gasteiger partial charge is 0.424 e. The van der Waals surface area contributed by atoms with Crippen LogP contribution in [0.15, 0.2) is 0 Å². The summed E-state index contributed by atoms with van der Waals surface area (Å²) in [5.74, 6) is 6.08. The van der Waals surface area contributed by atoms with E-state index in [-0.39, 0.29) is 0 Å². The largest absolute Gasteiger partial charge is 0.443 e. The summed E-state index contributed by atoms with van der Waals surface area (Å²) in [4.78, 5) is 11.5. The highest BCUT2D eigenvalue weighted by Gasteiger charge is 2.21. The van der Waals surface area contributed by atoms with Crippen molar-refractivity contribution in [3.05, 3.63) is 0 Å². The summed E-state index contributed by atoms with van der Waals surface area (Å²) in [6.07, 6.45) is 1.59. The summed E-state index contributed by atoms with van der Waals surface area (Å²) in [6.45, 7) is 10.2. The monoisotopic (exact) mass is 216 g/mol. The summed E-state index contributed by atoms with van der Waals surface area (Å²) < 4.78 is 5.15. The molecule has 15 heavy (non-hydrogen) atoms. The summed E-state index contributed by atoms with van der Waals surface area (Å²) in [5, 5.41) is 1.17. The molecule has 4 heteroatoms. The number of nitrogens with zero attached hydrogens (tertiary/aromatic N) is 1. The average Bonchev–Trinajstić information content (AvgIpc) is 2.10. The standard InChI is InChI=1S/C11H24N2O2/c1-6-9(7-2)8-13(12)10(14)15-11(3,4)5/h9H,6-8,12H2,1-5H3. The Balaban J connectivity index is 4.09. The van der Waals surface area contributed by atoms with Gasteiger partial charge < -0.3 is 4.74 Å². The molecular weight excluding hydrogens is 192 g/mol. The summed E-state index contributed by atoms with van der Waals surface area (Å²) in [5.41, 5.74) is -0.484. The first kappa shape index (κ1) is 14.2. The molecule has 0 aliphatic rings. The minimum absolute atomic E-state index is 0.447. The molecule has 0 aliphatic carbocycles. The van der Waals surface area contributed by atoms with Crippen LogP contribution in [0.1, 0.15) is 47.5 Å². The number of amides is 1. The molecule has 0 heterocycles. The summed E-state index contributed by atoms with van der Waals surface area (Å²) in [6, 6.07) is 0. The molecule has 0 radical (unpaired) electrons. The fraction of sp³-hybridized carbons (Fsp3) is 0.909. The Labute approximate surface area is 92.7 Å². The predicted molar refractivity (Wildman–Crippen MR) is 61.2 cm³/mol. The highest BCUT2D eigenvalue weighted by molar-refractivity contribution is 5.67. The lowest BCUT2D eigenvalue weighted by atomic mass is 10.0. The molecule has 0 saturated carbocycles. The van der Waals surface area contributed by atoms with Gasteiger partial charge in [0.25, 0.3) is 0 Å². The fourth-order valence-electron chi connectivity index (χ4n) is 1.22. The Hall–Kier alpha value is -0.770. The van der Waals surface area contributed by atoms with Crippen LogP contribution in [0, 0.1) is 5.92 Å². The number of carbonyl (C=O) groups excluding carboxylic acids is 1. The molecule has 0 fully saturated rings. The van der Waals surface area contributed by atoms with Gasteiger partial charge in [0.15, 0.2) is 0 Å². The summed E-state index contributed by atoms with van der Waals surface area (Å²) >= 11 is 0. The Morgan fingerprint density at radius 3 is 2.13 bits per heavy atom. The number of hydrogen-bond donors (Lipinski definition) is 1. The van der Waals surface area contributed by atoms with E-state index in [1.165, 1.54) is 5.01 Å². The Morgan fingerprint density at radius 1 is 1.33 bits per heavy atom. The molecule has 90 valence electrons. The van der Waals surface area contributed by atoms with E-state index in [2.05, 4.69) is 13.8 Å². The van der Waals surface area contributed by atoms with Gasteiger partial charge >= 0.3 is 6.09 Å². The van der Waals surface area contributed by atoms with Crippen LogP contribution in [-0.4, -0.2) is 23.2 Å². The van der Waals surface area contributed by atoms with Crippen LogP contribution in [0.2, 0.25) is 0 Å². The molecule has 0 atom stereocenters. The number of nitrogens with two attached hydrogens (primary N) is 1. The van der Waals surface area contributed by atoms with Gasteiger partial charge in [0.1, 0.15) is 5.60 Å². The van der Waals surface area contributed by atoms with Gasteiger partial charge in [-0.3, -0.25) is 0 Å². The topological polar surface area (TPSA) is 55.6 Å². The molecule has 0 aromatic carbocycles. The lowest BCUT2D eigenvalue weighted by Gasteiger charge is -2.26. The number of ether oxygens (including phenoxy) is 1. The molecule has 2 N–H and O–H groups in total. The van der Waals surface area contributed by atoms with E-state index in [0.29, 0.717) is 12.5 Å². The molecule has 0 rings (SSSR count). The van der Waals surface area contributed by atoms with E-state index in [9.17, 15) is 4.79 Å². The number of hydrazine groups is 1. The van der Waals surface area contributed by atoms with Gasteiger partial charge in [0.2, 0.25) is 0 Å². The molecule has 1 amide bonds. The highest BCUT2D eigenvalue weighted by atomic mass is 16.6. The van der Waals surface area contributed by atoms with E-state index in [1.54, 1.807) is 0 Å². The van der Waals surface area contributed by atoms with Crippen LogP contribution >= 0.6 is 0 Å². The van der Waals surface area contributed by atoms with Crippen molar-refractivity contribution in [1.29, 1.82) is 0 Å². The van der Waals surface area contributed by atoms with Crippen molar-refractivity contribution >= 4 is 6.09 Å². The third kappa shape index (κ3) is 6.33. The van der Waals surface area contributed by atoms with E-state index in [0.717, 1.165) is 12.8 Å². The van der Waals surface area contributed by atoms with Crippen LogP contribution in [-0.2, 0) is 4.74 Å². The highest BCUT2D eigenvalue weighted by Crippen LogP contribution is 2.12. The number of hydrogen-bond acceptors (Lipinski definition) is 3. The van der Waals surface area contributed by atoms with Crippen LogP contribution in [0.25, 0.3) is 0 Å². The zero-order chi connectivity index (χ0) is 12.1. The zero-order valence-corrected chi connectivity index (χ0v) is 10.5. The predicted octanol–water partition coefficient (Wildman–Crippen LogP) is 2.53. The van der Waals surface area contributed by atoms with Crippen molar-refractivity contribution in [1.82, 2.24) is 5.01 Å². The number of rotatable bonds is 4. The van der Waals surface area contributed by atoms with E-state index in [4.69, 9.17) is 10.6 Å². The molecule has 0 aliphatic heterocycles. The van der Waals surface area contributed by atoms with Gasteiger partial charge in [-0.15, -0.1) is 0 Å². The molecule has 0 aromatic heterocycles. The van der Waals surface area contributed by atoms with Gasteiger partial charge in [0.05, 0.1) is 0 Å². The summed E-state index contributed by atoms with van der Waals surface area (Å²) in [7, 11) is 0. The third-order valence-corrected chi connectivity index (χ3v) is 2.24. The minimum atomic E-state index is -0.484. The van der Waals surface area contributed by atoms with E-state index < -0.39 is 11.7 Å². The van der Waals surface area contributed by atoms with Gasteiger partial charge in [-0.25, -0.2) is 15.6 Å². The van der Waals surface area contributed by atoms with Gasteiger partial charge in [-0.05, 0) is 26.7 Å². The van der Waals surface area contributed by atoms with Crippen LogP contribution in [0.4, 0.5) is 4.79 Å². The normalized spacial score (nSPS) is 11.7. The number of carbonyl (C=O) groups is 1. The van der Waals surface area contributed by atoms with Gasteiger partial charge in [-0.1, -0.05) is 26.7 Å². The Kier molecular flexibility index (Phi) is 5.65.